The number of carbonyl (C=O) groups excluding carboxylic acids is 1. The molecule has 6 nitrogen and oxygen atoms in total. The summed E-state index contributed by atoms with van der Waals surface area (Å²) in [7, 11) is 3.44. The zero-order valence-corrected chi connectivity index (χ0v) is 19.7. The van der Waals surface area contributed by atoms with Gasteiger partial charge in [0.05, 0.1) is 30.0 Å². The highest BCUT2D eigenvalue weighted by Crippen LogP contribution is 2.33. The number of benzene rings is 1. The van der Waals surface area contributed by atoms with Gasteiger partial charge < -0.3 is 14.6 Å². The van der Waals surface area contributed by atoms with Crippen molar-refractivity contribution in [2.45, 2.75) is 44.4 Å². The van der Waals surface area contributed by atoms with E-state index in [4.69, 9.17) is 4.74 Å². The maximum atomic E-state index is 12.7. The maximum absolute atomic E-state index is 12.7. The highest BCUT2D eigenvalue weighted by atomic mass is 32.2. The molecule has 3 aromatic rings. The molecule has 164 valence electrons. The van der Waals surface area contributed by atoms with Crippen molar-refractivity contribution >= 4 is 39.2 Å². The second-order valence-electron chi connectivity index (χ2n) is 7.82. The Balaban J connectivity index is 1.40. The highest BCUT2D eigenvalue weighted by molar-refractivity contribution is 7.99. The van der Waals surface area contributed by atoms with E-state index in [2.05, 4.69) is 9.97 Å². The summed E-state index contributed by atoms with van der Waals surface area (Å²) >= 11 is 3.12. The summed E-state index contributed by atoms with van der Waals surface area (Å²) in [5, 5.41) is 0.773. The molecule has 0 aliphatic heterocycles. The molecule has 0 radical (unpaired) electrons. The third-order valence-corrected chi connectivity index (χ3v) is 8.02. The predicted octanol–water partition coefficient (Wildman–Crippen LogP) is 4.32. The topological polar surface area (TPSA) is 75.3 Å². The Kier molecular flexibility index (Phi) is 6.67. The fourth-order valence-corrected chi connectivity index (χ4v) is 6.14. The molecule has 2 heterocycles. The van der Waals surface area contributed by atoms with Crippen LogP contribution in [0.3, 0.4) is 0 Å². The number of fused-ring (bicyclic) bond motifs is 3. The lowest BCUT2D eigenvalue weighted by molar-refractivity contribution is -0.128. The first kappa shape index (κ1) is 21.9. The number of thioether (sulfide) groups is 1. The van der Waals surface area contributed by atoms with Gasteiger partial charge in [-0.1, -0.05) is 18.2 Å². The summed E-state index contributed by atoms with van der Waals surface area (Å²) in [5.74, 6) is 2.25. The number of amides is 1. The number of aromatic nitrogens is 2. The first-order valence-electron chi connectivity index (χ1n) is 10.5. The molecule has 0 fully saturated rings. The molecule has 0 saturated carbocycles. The number of rotatable bonds is 7. The summed E-state index contributed by atoms with van der Waals surface area (Å²) < 4.78 is 5.43. The highest BCUT2D eigenvalue weighted by Gasteiger charge is 2.21. The Morgan fingerprint density at radius 2 is 2.10 bits per heavy atom. The molecule has 4 rings (SSSR count). The number of hydrogen-bond acceptors (Lipinski definition) is 6. The number of aromatic amines is 1. The summed E-state index contributed by atoms with van der Waals surface area (Å²) in [6.07, 6.45) is 4.34. The molecule has 1 N–H and O–H groups in total. The van der Waals surface area contributed by atoms with Crippen LogP contribution in [0.15, 0.2) is 29.1 Å². The van der Waals surface area contributed by atoms with Gasteiger partial charge in [-0.25, -0.2) is 4.98 Å². The second kappa shape index (κ2) is 9.44. The van der Waals surface area contributed by atoms with Crippen LogP contribution in [0.2, 0.25) is 0 Å². The average Bonchev–Trinajstić information content (AvgIpc) is 3.16. The van der Waals surface area contributed by atoms with Crippen LogP contribution in [-0.4, -0.2) is 40.7 Å². The van der Waals surface area contributed by atoms with Crippen molar-refractivity contribution < 1.29 is 9.53 Å². The van der Waals surface area contributed by atoms with E-state index < -0.39 is 0 Å². The van der Waals surface area contributed by atoms with Crippen molar-refractivity contribution in [3.8, 4) is 5.75 Å². The van der Waals surface area contributed by atoms with Crippen LogP contribution in [-0.2, 0) is 23.4 Å². The number of H-pyrrole nitrogens is 1. The number of ether oxygens (including phenoxy) is 1. The molecule has 2 aromatic heterocycles. The monoisotopic (exact) mass is 457 g/mol. The summed E-state index contributed by atoms with van der Waals surface area (Å²) in [6, 6.07) is 7.64. The predicted molar refractivity (Wildman–Crippen MR) is 127 cm³/mol. The van der Waals surface area contributed by atoms with E-state index in [1.54, 1.807) is 23.3 Å². The molecule has 0 bridgehead atoms. The van der Waals surface area contributed by atoms with Gasteiger partial charge >= 0.3 is 0 Å². The van der Waals surface area contributed by atoms with Gasteiger partial charge in [-0.05, 0) is 44.2 Å². The van der Waals surface area contributed by atoms with Gasteiger partial charge in [0.1, 0.15) is 16.4 Å². The number of para-hydroxylation sites is 1. The molecular formula is C23H27N3O3S2. The lowest BCUT2D eigenvalue weighted by Gasteiger charge is -2.26. The van der Waals surface area contributed by atoms with Gasteiger partial charge in [0.2, 0.25) is 5.91 Å². The Morgan fingerprint density at radius 1 is 1.32 bits per heavy atom. The SMILES string of the molecule is COc1ccccc1C(C)N(C)C(=O)CSCc1nc2sc3c(c2c(=O)[nH]1)CCCC3. The first-order chi connectivity index (χ1) is 15.0. The number of nitrogens with zero attached hydrogens (tertiary/aromatic N) is 2. The van der Waals surface area contributed by atoms with Crippen molar-refractivity contribution in [3.05, 3.63) is 56.4 Å². The van der Waals surface area contributed by atoms with Crippen molar-refractivity contribution in [3.63, 3.8) is 0 Å². The fourth-order valence-electron chi connectivity index (χ4n) is 4.05. The summed E-state index contributed by atoms with van der Waals surface area (Å²) in [6.45, 7) is 1.99. The van der Waals surface area contributed by atoms with Gasteiger partial charge in [0.15, 0.2) is 0 Å². The zero-order valence-electron chi connectivity index (χ0n) is 18.1. The molecule has 0 spiro atoms. The molecule has 1 amide bonds. The van der Waals surface area contributed by atoms with E-state index in [1.165, 1.54) is 28.6 Å². The molecular weight excluding hydrogens is 430 g/mol. The van der Waals surface area contributed by atoms with E-state index in [1.807, 2.05) is 38.2 Å². The molecule has 1 unspecified atom stereocenters. The van der Waals surface area contributed by atoms with E-state index in [9.17, 15) is 9.59 Å². The van der Waals surface area contributed by atoms with Gasteiger partial charge in [-0.2, -0.15) is 0 Å². The number of hydrogen-bond donors (Lipinski definition) is 1. The number of nitrogens with one attached hydrogen (secondary N) is 1. The standard InChI is InChI=1S/C23H27N3O3S2/c1-14(15-8-4-6-10-17(15)29-3)26(2)20(27)13-30-12-19-24-22(28)21-16-9-5-7-11-18(16)31-23(21)25-19/h4,6,8,10,14H,5,7,9,11-13H2,1-3H3,(H,24,25,28). The van der Waals surface area contributed by atoms with Gasteiger partial charge in [0, 0.05) is 17.5 Å². The number of aryl methyl sites for hydroxylation is 2. The van der Waals surface area contributed by atoms with Crippen molar-refractivity contribution in [1.82, 2.24) is 14.9 Å². The Bertz CT molecular complexity index is 1150. The van der Waals surface area contributed by atoms with Crippen LogP contribution in [0.5, 0.6) is 5.75 Å². The zero-order chi connectivity index (χ0) is 22.0. The van der Waals surface area contributed by atoms with Gasteiger partial charge in [0.25, 0.3) is 5.56 Å². The van der Waals surface area contributed by atoms with Gasteiger partial charge in [-0.3, -0.25) is 9.59 Å². The lowest BCUT2D eigenvalue weighted by Crippen LogP contribution is -2.31. The van der Waals surface area contributed by atoms with Crippen LogP contribution in [0.25, 0.3) is 10.2 Å². The minimum atomic E-state index is -0.101. The average molecular weight is 458 g/mol. The quantitative estimate of drug-likeness (QED) is 0.572. The Morgan fingerprint density at radius 3 is 2.90 bits per heavy atom. The largest absolute Gasteiger partial charge is 0.496 e. The molecule has 1 atom stereocenters. The van der Waals surface area contributed by atoms with Crippen LogP contribution in [0.4, 0.5) is 0 Å². The van der Waals surface area contributed by atoms with Crippen molar-refractivity contribution in [2.75, 3.05) is 19.9 Å². The molecule has 1 aliphatic carbocycles. The second-order valence-corrected chi connectivity index (χ2v) is 9.89. The smallest absolute Gasteiger partial charge is 0.259 e. The van der Waals surface area contributed by atoms with E-state index in [-0.39, 0.29) is 17.5 Å². The number of carbonyl (C=O) groups is 1. The minimum absolute atomic E-state index is 0.0263. The fraction of sp³-hybridized carbons (Fsp3) is 0.435. The van der Waals surface area contributed by atoms with Crippen LogP contribution >= 0.6 is 23.1 Å². The Hall–Kier alpha value is -2.32. The van der Waals surface area contributed by atoms with Crippen LogP contribution < -0.4 is 10.3 Å². The molecule has 31 heavy (non-hydrogen) atoms. The van der Waals surface area contributed by atoms with E-state index in [0.29, 0.717) is 17.3 Å². The van der Waals surface area contributed by atoms with Crippen molar-refractivity contribution in [2.24, 2.45) is 0 Å². The first-order valence-corrected chi connectivity index (χ1v) is 12.5. The van der Waals surface area contributed by atoms with Crippen molar-refractivity contribution in [1.29, 1.82) is 0 Å². The van der Waals surface area contributed by atoms with Crippen LogP contribution in [0, 0.1) is 0 Å². The van der Waals surface area contributed by atoms with E-state index >= 15 is 0 Å². The Labute approximate surface area is 190 Å². The minimum Gasteiger partial charge on any atom is -0.496 e. The summed E-state index contributed by atoms with van der Waals surface area (Å²) in [4.78, 5) is 36.9. The number of thiophene rings is 1. The summed E-state index contributed by atoms with van der Waals surface area (Å²) in [5.41, 5.74) is 2.12. The third kappa shape index (κ3) is 4.50. The molecule has 0 saturated heterocycles. The third-order valence-electron chi connectivity index (χ3n) is 5.90. The lowest BCUT2D eigenvalue weighted by atomic mass is 9.97. The van der Waals surface area contributed by atoms with Crippen LogP contribution in [0.1, 0.15) is 47.6 Å². The van der Waals surface area contributed by atoms with E-state index in [0.717, 1.165) is 40.8 Å². The van der Waals surface area contributed by atoms with Gasteiger partial charge in [-0.15, -0.1) is 23.1 Å². The molecule has 1 aromatic carbocycles. The molecule has 8 heteroatoms. The molecule has 1 aliphatic rings. The normalized spacial score (nSPS) is 14.3. The maximum Gasteiger partial charge on any atom is 0.259 e. The number of methoxy groups -OCH3 is 1.